The molecule has 0 spiro atoms. The van der Waals surface area contributed by atoms with Gasteiger partial charge in [0.2, 0.25) is 0 Å². The van der Waals surface area contributed by atoms with Crippen molar-refractivity contribution >= 4 is 17.4 Å². The number of para-hydroxylation sites is 1. The van der Waals surface area contributed by atoms with Crippen molar-refractivity contribution in [3.8, 4) is 5.75 Å². The lowest BCUT2D eigenvalue weighted by molar-refractivity contribution is 0.262. The normalized spacial score (nSPS) is 10.0. The van der Waals surface area contributed by atoms with E-state index in [9.17, 15) is 4.79 Å². The maximum absolute atomic E-state index is 12.0. The monoisotopic (exact) mass is 284 g/mol. The Balaban J connectivity index is 2.01. The van der Waals surface area contributed by atoms with Crippen LogP contribution in [-0.4, -0.2) is 12.6 Å². The van der Waals surface area contributed by atoms with Gasteiger partial charge in [0.15, 0.2) is 0 Å². The molecule has 21 heavy (non-hydrogen) atoms. The zero-order valence-corrected chi connectivity index (χ0v) is 12.6. The molecule has 0 aliphatic carbocycles. The molecule has 0 atom stereocenters. The van der Waals surface area contributed by atoms with Gasteiger partial charge in [-0.25, -0.2) is 4.79 Å². The van der Waals surface area contributed by atoms with Gasteiger partial charge in [-0.2, -0.15) is 0 Å². The van der Waals surface area contributed by atoms with E-state index in [1.54, 1.807) is 0 Å². The molecular weight excluding hydrogens is 264 g/mol. The Hall–Kier alpha value is -2.49. The SMILES string of the molecule is CCOc1ccc(NC(=O)Nc2c(C)cccc2C)cc1. The first-order valence-electron chi connectivity index (χ1n) is 6.97. The fraction of sp³-hybridized carbons (Fsp3) is 0.235. The number of rotatable bonds is 4. The molecule has 110 valence electrons. The third-order valence-electron chi connectivity index (χ3n) is 3.14. The number of carbonyl (C=O) groups excluding carboxylic acids is 1. The minimum Gasteiger partial charge on any atom is -0.494 e. The van der Waals surface area contributed by atoms with Gasteiger partial charge in [-0.1, -0.05) is 18.2 Å². The van der Waals surface area contributed by atoms with E-state index in [1.165, 1.54) is 0 Å². The molecule has 0 aliphatic heterocycles. The van der Waals surface area contributed by atoms with Gasteiger partial charge in [0, 0.05) is 11.4 Å². The summed E-state index contributed by atoms with van der Waals surface area (Å²) in [4.78, 5) is 12.0. The molecule has 2 aromatic carbocycles. The number of anilines is 2. The number of amides is 2. The first kappa shape index (κ1) is 14.9. The van der Waals surface area contributed by atoms with Crippen molar-refractivity contribution in [2.75, 3.05) is 17.2 Å². The Morgan fingerprint density at radius 1 is 1.00 bits per heavy atom. The van der Waals surface area contributed by atoms with Crippen LogP contribution < -0.4 is 15.4 Å². The average Bonchev–Trinajstić information content (AvgIpc) is 2.45. The predicted octanol–water partition coefficient (Wildman–Crippen LogP) is 4.35. The minimum atomic E-state index is -0.253. The molecule has 0 bridgehead atoms. The van der Waals surface area contributed by atoms with Crippen LogP contribution in [0.2, 0.25) is 0 Å². The zero-order chi connectivity index (χ0) is 15.2. The van der Waals surface area contributed by atoms with Crippen LogP contribution in [0.5, 0.6) is 5.75 Å². The summed E-state index contributed by atoms with van der Waals surface area (Å²) in [6, 6.07) is 13.0. The molecule has 4 heteroatoms. The highest BCUT2D eigenvalue weighted by molar-refractivity contribution is 6.00. The number of nitrogens with one attached hydrogen (secondary N) is 2. The van der Waals surface area contributed by atoms with E-state index in [0.717, 1.165) is 28.3 Å². The van der Waals surface area contributed by atoms with Crippen LogP contribution in [0, 0.1) is 13.8 Å². The fourth-order valence-corrected chi connectivity index (χ4v) is 2.09. The van der Waals surface area contributed by atoms with Gasteiger partial charge in [0.25, 0.3) is 0 Å². The Labute approximate surface area is 125 Å². The van der Waals surface area contributed by atoms with E-state index in [2.05, 4.69) is 10.6 Å². The lowest BCUT2D eigenvalue weighted by atomic mass is 10.1. The van der Waals surface area contributed by atoms with Crippen molar-refractivity contribution in [3.05, 3.63) is 53.6 Å². The van der Waals surface area contributed by atoms with E-state index in [4.69, 9.17) is 4.74 Å². The van der Waals surface area contributed by atoms with E-state index in [-0.39, 0.29) is 6.03 Å². The number of carbonyl (C=O) groups is 1. The van der Waals surface area contributed by atoms with Crippen molar-refractivity contribution < 1.29 is 9.53 Å². The second kappa shape index (κ2) is 6.79. The largest absolute Gasteiger partial charge is 0.494 e. The predicted molar refractivity (Wildman–Crippen MR) is 86.2 cm³/mol. The molecular formula is C17H20N2O2. The van der Waals surface area contributed by atoms with Gasteiger partial charge in [0.05, 0.1) is 6.61 Å². The van der Waals surface area contributed by atoms with E-state index in [1.807, 2.05) is 63.2 Å². The molecule has 2 N–H and O–H groups in total. The van der Waals surface area contributed by atoms with Gasteiger partial charge >= 0.3 is 6.03 Å². The minimum absolute atomic E-state index is 0.253. The third-order valence-corrected chi connectivity index (χ3v) is 3.14. The Bertz CT molecular complexity index is 601. The summed E-state index contributed by atoms with van der Waals surface area (Å²) in [5.41, 5.74) is 3.65. The van der Waals surface area contributed by atoms with Gasteiger partial charge in [-0.15, -0.1) is 0 Å². The summed E-state index contributed by atoms with van der Waals surface area (Å²) in [6.45, 7) is 6.50. The second-order valence-electron chi connectivity index (χ2n) is 4.80. The highest BCUT2D eigenvalue weighted by Gasteiger charge is 2.07. The van der Waals surface area contributed by atoms with Crippen LogP contribution in [0.25, 0.3) is 0 Å². The number of ether oxygens (including phenoxy) is 1. The summed E-state index contributed by atoms with van der Waals surface area (Å²) in [7, 11) is 0. The molecule has 4 nitrogen and oxygen atoms in total. The Morgan fingerprint density at radius 3 is 2.19 bits per heavy atom. The number of aryl methyl sites for hydroxylation is 2. The summed E-state index contributed by atoms with van der Waals surface area (Å²) >= 11 is 0. The van der Waals surface area contributed by atoms with Crippen LogP contribution in [0.15, 0.2) is 42.5 Å². The topological polar surface area (TPSA) is 50.4 Å². The first-order chi connectivity index (χ1) is 10.1. The quantitative estimate of drug-likeness (QED) is 0.877. The molecule has 0 fully saturated rings. The highest BCUT2D eigenvalue weighted by Crippen LogP contribution is 2.20. The van der Waals surface area contributed by atoms with Crippen LogP contribution in [0.1, 0.15) is 18.1 Å². The lowest BCUT2D eigenvalue weighted by Gasteiger charge is -2.12. The molecule has 0 saturated heterocycles. The summed E-state index contributed by atoms with van der Waals surface area (Å²) in [5, 5.41) is 5.69. The average molecular weight is 284 g/mol. The maximum Gasteiger partial charge on any atom is 0.323 e. The number of urea groups is 1. The zero-order valence-electron chi connectivity index (χ0n) is 12.6. The lowest BCUT2D eigenvalue weighted by Crippen LogP contribution is -2.20. The summed E-state index contributed by atoms with van der Waals surface area (Å²) in [6.07, 6.45) is 0. The molecule has 2 amide bonds. The molecule has 0 aromatic heterocycles. The highest BCUT2D eigenvalue weighted by atomic mass is 16.5. The Kier molecular flexibility index (Phi) is 4.82. The summed E-state index contributed by atoms with van der Waals surface area (Å²) in [5.74, 6) is 0.790. The number of benzene rings is 2. The van der Waals surface area contributed by atoms with Gasteiger partial charge in [0.1, 0.15) is 5.75 Å². The van der Waals surface area contributed by atoms with Crippen molar-refractivity contribution in [3.63, 3.8) is 0 Å². The van der Waals surface area contributed by atoms with Crippen LogP contribution in [0.4, 0.5) is 16.2 Å². The van der Waals surface area contributed by atoms with Gasteiger partial charge in [-0.05, 0) is 56.2 Å². The van der Waals surface area contributed by atoms with Crippen LogP contribution in [-0.2, 0) is 0 Å². The fourth-order valence-electron chi connectivity index (χ4n) is 2.09. The molecule has 0 unspecified atom stereocenters. The van der Waals surface area contributed by atoms with Crippen LogP contribution >= 0.6 is 0 Å². The number of hydrogen-bond donors (Lipinski definition) is 2. The second-order valence-corrected chi connectivity index (χ2v) is 4.80. The molecule has 0 heterocycles. The van der Waals surface area contributed by atoms with Crippen molar-refractivity contribution in [1.82, 2.24) is 0 Å². The summed E-state index contributed by atoms with van der Waals surface area (Å²) < 4.78 is 5.36. The standard InChI is InChI=1S/C17H20N2O2/c1-4-21-15-10-8-14(9-11-15)18-17(20)19-16-12(2)6-5-7-13(16)3/h5-11H,4H2,1-3H3,(H2,18,19,20). The van der Waals surface area contributed by atoms with Crippen molar-refractivity contribution in [2.45, 2.75) is 20.8 Å². The number of hydrogen-bond acceptors (Lipinski definition) is 2. The van der Waals surface area contributed by atoms with Crippen LogP contribution in [0.3, 0.4) is 0 Å². The first-order valence-corrected chi connectivity index (χ1v) is 6.97. The van der Waals surface area contributed by atoms with E-state index in [0.29, 0.717) is 6.61 Å². The molecule has 2 rings (SSSR count). The van der Waals surface area contributed by atoms with Gasteiger partial charge in [-0.3, -0.25) is 0 Å². The van der Waals surface area contributed by atoms with E-state index >= 15 is 0 Å². The van der Waals surface area contributed by atoms with E-state index < -0.39 is 0 Å². The maximum atomic E-state index is 12.0. The molecule has 2 aromatic rings. The molecule has 0 saturated carbocycles. The Morgan fingerprint density at radius 2 is 1.62 bits per heavy atom. The van der Waals surface area contributed by atoms with Crippen molar-refractivity contribution in [2.24, 2.45) is 0 Å². The molecule has 0 aliphatic rings. The van der Waals surface area contributed by atoms with Crippen molar-refractivity contribution in [1.29, 1.82) is 0 Å². The molecule has 0 radical (unpaired) electrons. The smallest absolute Gasteiger partial charge is 0.323 e. The van der Waals surface area contributed by atoms with Gasteiger partial charge < -0.3 is 15.4 Å². The third kappa shape index (κ3) is 3.99.